The van der Waals surface area contributed by atoms with Crippen molar-refractivity contribution in [3.63, 3.8) is 0 Å². The van der Waals surface area contributed by atoms with Gasteiger partial charge in [0.1, 0.15) is 5.75 Å². The first kappa shape index (κ1) is 16.8. The molecule has 7 heteroatoms. The van der Waals surface area contributed by atoms with E-state index in [0.29, 0.717) is 0 Å². The Labute approximate surface area is 137 Å². The Balaban J connectivity index is 1.93. The highest BCUT2D eigenvalue weighted by atomic mass is 32.1. The van der Waals surface area contributed by atoms with Crippen molar-refractivity contribution in [1.29, 1.82) is 0 Å². The molecule has 0 unspecified atom stereocenters. The molecule has 0 atom stereocenters. The van der Waals surface area contributed by atoms with Crippen LogP contribution >= 0.6 is 12.2 Å². The van der Waals surface area contributed by atoms with Crippen LogP contribution in [-0.4, -0.2) is 17.6 Å². The van der Waals surface area contributed by atoms with E-state index in [1.54, 1.807) is 12.1 Å². The number of nitrogens with one attached hydrogen (secondary N) is 2. The van der Waals surface area contributed by atoms with Crippen LogP contribution in [0.3, 0.4) is 0 Å². The van der Waals surface area contributed by atoms with Crippen molar-refractivity contribution in [3.05, 3.63) is 60.2 Å². The van der Waals surface area contributed by atoms with Crippen LogP contribution in [0.1, 0.15) is 5.56 Å². The number of anilines is 1. The SMILES string of the molecule is O=C(Cc1ccccc1)NC(=S)Nc1ccccc1OC(F)F. The van der Waals surface area contributed by atoms with Crippen LogP contribution in [-0.2, 0) is 11.2 Å². The van der Waals surface area contributed by atoms with Gasteiger partial charge in [0.05, 0.1) is 12.1 Å². The maximum absolute atomic E-state index is 12.3. The monoisotopic (exact) mass is 336 g/mol. The molecule has 2 aromatic carbocycles. The molecular weight excluding hydrogens is 322 g/mol. The lowest BCUT2D eigenvalue weighted by molar-refractivity contribution is -0.119. The summed E-state index contributed by atoms with van der Waals surface area (Å²) in [6.45, 7) is -2.95. The van der Waals surface area contributed by atoms with Gasteiger partial charge in [-0.15, -0.1) is 0 Å². The number of para-hydroxylation sites is 2. The fourth-order valence-electron chi connectivity index (χ4n) is 1.87. The van der Waals surface area contributed by atoms with E-state index in [4.69, 9.17) is 12.2 Å². The third-order valence-electron chi connectivity index (χ3n) is 2.81. The van der Waals surface area contributed by atoms with E-state index in [9.17, 15) is 13.6 Å². The van der Waals surface area contributed by atoms with Crippen molar-refractivity contribution >= 4 is 28.9 Å². The van der Waals surface area contributed by atoms with E-state index >= 15 is 0 Å². The maximum Gasteiger partial charge on any atom is 0.387 e. The van der Waals surface area contributed by atoms with Crippen LogP contribution in [0.4, 0.5) is 14.5 Å². The van der Waals surface area contributed by atoms with E-state index in [2.05, 4.69) is 15.4 Å². The molecule has 0 aliphatic rings. The highest BCUT2D eigenvalue weighted by Gasteiger charge is 2.11. The first-order chi connectivity index (χ1) is 11.0. The molecule has 2 aromatic rings. The summed E-state index contributed by atoms with van der Waals surface area (Å²) in [7, 11) is 0. The minimum Gasteiger partial charge on any atom is -0.433 e. The first-order valence-corrected chi connectivity index (χ1v) is 7.14. The summed E-state index contributed by atoms with van der Waals surface area (Å²) in [5, 5.41) is 5.18. The number of hydrogen-bond acceptors (Lipinski definition) is 3. The zero-order chi connectivity index (χ0) is 16.7. The lowest BCUT2D eigenvalue weighted by atomic mass is 10.1. The number of alkyl halides is 2. The zero-order valence-corrected chi connectivity index (χ0v) is 12.8. The molecule has 2 N–H and O–H groups in total. The van der Waals surface area contributed by atoms with E-state index in [1.165, 1.54) is 12.1 Å². The summed E-state index contributed by atoms with van der Waals surface area (Å²) < 4.78 is 29.1. The lowest BCUT2D eigenvalue weighted by Crippen LogP contribution is -2.35. The number of hydrogen-bond donors (Lipinski definition) is 2. The summed E-state index contributed by atoms with van der Waals surface area (Å²) >= 11 is 5.02. The van der Waals surface area contributed by atoms with E-state index in [1.807, 2.05) is 30.3 Å². The van der Waals surface area contributed by atoms with Gasteiger partial charge >= 0.3 is 6.61 Å². The van der Waals surface area contributed by atoms with Gasteiger partial charge in [-0.05, 0) is 29.9 Å². The number of carbonyl (C=O) groups excluding carboxylic acids is 1. The van der Waals surface area contributed by atoms with Gasteiger partial charge in [-0.1, -0.05) is 42.5 Å². The Morgan fingerprint density at radius 1 is 1.09 bits per heavy atom. The zero-order valence-electron chi connectivity index (χ0n) is 12.0. The number of carbonyl (C=O) groups is 1. The molecule has 4 nitrogen and oxygen atoms in total. The molecule has 2 rings (SSSR count). The number of halogens is 2. The van der Waals surface area contributed by atoms with E-state index in [0.717, 1.165) is 5.56 Å². The quantitative estimate of drug-likeness (QED) is 0.822. The maximum atomic E-state index is 12.3. The predicted molar refractivity (Wildman–Crippen MR) is 87.6 cm³/mol. The van der Waals surface area contributed by atoms with E-state index in [-0.39, 0.29) is 28.9 Å². The van der Waals surface area contributed by atoms with Crippen LogP contribution in [0.2, 0.25) is 0 Å². The topological polar surface area (TPSA) is 50.4 Å². The largest absolute Gasteiger partial charge is 0.433 e. The fraction of sp³-hybridized carbons (Fsp3) is 0.125. The Kier molecular flexibility index (Phi) is 5.99. The molecule has 120 valence electrons. The third kappa shape index (κ3) is 5.63. The molecule has 0 aromatic heterocycles. The molecular formula is C16H14F2N2O2S. The summed E-state index contributed by atoms with van der Waals surface area (Å²) in [6.07, 6.45) is 0.165. The third-order valence-corrected chi connectivity index (χ3v) is 3.02. The summed E-state index contributed by atoms with van der Waals surface area (Å²) in [5.74, 6) is -0.358. The first-order valence-electron chi connectivity index (χ1n) is 6.73. The Morgan fingerprint density at radius 2 is 1.74 bits per heavy atom. The van der Waals surface area contributed by atoms with Gasteiger partial charge < -0.3 is 15.4 Å². The van der Waals surface area contributed by atoms with Crippen molar-refractivity contribution in [2.24, 2.45) is 0 Å². The Bertz CT molecular complexity index is 681. The minimum absolute atomic E-state index is 0.0104. The van der Waals surface area contributed by atoms with Crippen LogP contribution in [0.5, 0.6) is 5.75 Å². The number of benzene rings is 2. The van der Waals surface area contributed by atoms with Crippen LogP contribution in [0, 0.1) is 0 Å². The van der Waals surface area contributed by atoms with Gasteiger partial charge in [0, 0.05) is 0 Å². The summed E-state index contributed by atoms with van der Waals surface area (Å²) in [5.41, 5.74) is 1.09. The molecule has 0 heterocycles. The summed E-state index contributed by atoms with van der Waals surface area (Å²) in [4.78, 5) is 11.9. The second-order valence-electron chi connectivity index (χ2n) is 4.54. The number of ether oxygens (including phenoxy) is 1. The average molecular weight is 336 g/mol. The standard InChI is InChI=1S/C16H14F2N2O2S/c17-15(18)22-13-9-5-4-8-12(13)19-16(23)20-14(21)10-11-6-2-1-3-7-11/h1-9,15H,10H2,(H2,19,20,21,23). The van der Waals surface area contributed by atoms with Gasteiger partial charge in [0.25, 0.3) is 0 Å². The molecule has 0 bridgehead atoms. The smallest absolute Gasteiger partial charge is 0.387 e. The molecule has 0 spiro atoms. The summed E-state index contributed by atoms with van der Waals surface area (Å²) in [6, 6.07) is 15.2. The second-order valence-corrected chi connectivity index (χ2v) is 4.95. The Hall–Kier alpha value is -2.54. The van der Waals surface area contributed by atoms with Gasteiger partial charge in [-0.2, -0.15) is 8.78 Å². The number of rotatable bonds is 5. The molecule has 0 saturated carbocycles. The number of amides is 1. The molecule has 0 fully saturated rings. The highest BCUT2D eigenvalue weighted by molar-refractivity contribution is 7.80. The normalized spacial score (nSPS) is 10.2. The van der Waals surface area contributed by atoms with Crippen molar-refractivity contribution in [2.75, 3.05) is 5.32 Å². The van der Waals surface area contributed by atoms with Crippen molar-refractivity contribution in [3.8, 4) is 5.75 Å². The van der Waals surface area contributed by atoms with Crippen molar-refractivity contribution < 1.29 is 18.3 Å². The average Bonchev–Trinajstić information content (AvgIpc) is 2.49. The van der Waals surface area contributed by atoms with Gasteiger partial charge in [-0.25, -0.2) is 0 Å². The van der Waals surface area contributed by atoms with Crippen LogP contribution < -0.4 is 15.4 Å². The lowest BCUT2D eigenvalue weighted by Gasteiger charge is -2.13. The van der Waals surface area contributed by atoms with Crippen molar-refractivity contribution in [1.82, 2.24) is 5.32 Å². The van der Waals surface area contributed by atoms with E-state index < -0.39 is 6.61 Å². The van der Waals surface area contributed by atoms with Gasteiger partial charge in [-0.3, -0.25) is 4.79 Å². The molecule has 0 aliphatic heterocycles. The minimum atomic E-state index is -2.95. The molecule has 0 aliphatic carbocycles. The predicted octanol–water partition coefficient (Wildman–Crippen LogP) is 3.34. The molecule has 1 amide bonds. The molecule has 0 radical (unpaired) electrons. The molecule has 23 heavy (non-hydrogen) atoms. The number of thiocarbonyl (C=S) groups is 1. The van der Waals surface area contributed by atoms with Crippen molar-refractivity contribution in [2.45, 2.75) is 13.0 Å². The van der Waals surface area contributed by atoms with Gasteiger partial charge in [0.2, 0.25) is 5.91 Å². The van der Waals surface area contributed by atoms with Crippen LogP contribution in [0.25, 0.3) is 0 Å². The van der Waals surface area contributed by atoms with Crippen LogP contribution in [0.15, 0.2) is 54.6 Å². The fourth-order valence-corrected chi connectivity index (χ4v) is 2.10. The van der Waals surface area contributed by atoms with Gasteiger partial charge in [0.15, 0.2) is 5.11 Å². The Morgan fingerprint density at radius 3 is 2.43 bits per heavy atom. The molecule has 0 saturated heterocycles. The highest BCUT2D eigenvalue weighted by Crippen LogP contribution is 2.25. The second kappa shape index (κ2) is 8.19.